The van der Waals surface area contributed by atoms with Crippen LogP contribution in [0.5, 0.6) is 5.75 Å². The second kappa shape index (κ2) is 10.8. The molecule has 0 fully saturated rings. The number of hydrogen-bond acceptors (Lipinski definition) is 4. The summed E-state index contributed by atoms with van der Waals surface area (Å²) >= 11 is 0. The summed E-state index contributed by atoms with van der Waals surface area (Å²) in [5, 5.41) is 13.0. The Labute approximate surface area is 212 Å². The quantitative estimate of drug-likeness (QED) is 0.473. The zero-order valence-electron chi connectivity index (χ0n) is 21.1. The first-order valence-electron chi connectivity index (χ1n) is 12.3. The first-order chi connectivity index (χ1) is 17.3. The van der Waals surface area contributed by atoms with Crippen molar-refractivity contribution < 1.29 is 14.7 Å². The number of carbonyl (C=O) groups excluding carboxylic acids is 2. The normalized spacial score (nSPS) is 15.6. The standard InChI is InChI=1S/C30H33N3O3/c1-19-15-24(35)16-20(2)26(19)18-28(31-4)30(36)32-27-13-14-33(21(3)34)29-23(11-8-12-25(27)29)17-22-9-6-5-7-10-22/h5-12,15-16,27-28,35H,4,13-14,17-18H2,1-3H3,(H,32,36). The van der Waals surface area contributed by atoms with E-state index < -0.39 is 6.04 Å². The Morgan fingerprint density at radius 3 is 2.44 bits per heavy atom. The number of benzene rings is 3. The molecule has 1 aliphatic heterocycles. The van der Waals surface area contributed by atoms with Gasteiger partial charge in [0, 0.05) is 19.9 Å². The number of phenolic OH excluding ortho intramolecular Hbond substituents is 1. The Morgan fingerprint density at radius 2 is 1.81 bits per heavy atom. The number of anilines is 1. The van der Waals surface area contributed by atoms with Crippen LogP contribution in [-0.4, -0.2) is 36.2 Å². The lowest BCUT2D eigenvalue weighted by Gasteiger charge is -2.36. The molecular weight excluding hydrogens is 450 g/mol. The van der Waals surface area contributed by atoms with Crippen molar-refractivity contribution in [3.05, 3.63) is 94.0 Å². The average Bonchev–Trinajstić information content (AvgIpc) is 2.84. The van der Waals surface area contributed by atoms with Crippen molar-refractivity contribution in [1.82, 2.24) is 5.32 Å². The topological polar surface area (TPSA) is 82.0 Å². The van der Waals surface area contributed by atoms with Crippen LogP contribution in [0.4, 0.5) is 5.69 Å². The van der Waals surface area contributed by atoms with Gasteiger partial charge in [0.15, 0.2) is 0 Å². The lowest BCUT2D eigenvalue weighted by molar-refractivity contribution is -0.123. The molecule has 0 radical (unpaired) electrons. The third kappa shape index (κ3) is 5.33. The molecule has 0 bridgehead atoms. The second-order valence-electron chi connectivity index (χ2n) is 9.50. The minimum atomic E-state index is -0.659. The number of aliphatic imine (C=N–C) groups is 1. The summed E-state index contributed by atoms with van der Waals surface area (Å²) in [5.41, 5.74) is 6.87. The predicted molar refractivity (Wildman–Crippen MR) is 144 cm³/mol. The van der Waals surface area contributed by atoms with Gasteiger partial charge in [0.25, 0.3) is 0 Å². The molecule has 0 spiro atoms. The van der Waals surface area contributed by atoms with Gasteiger partial charge in [0.1, 0.15) is 11.8 Å². The Bertz CT molecular complexity index is 1260. The van der Waals surface area contributed by atoms with Gasteiger partial charge in [-0.3, -0.25) is 14.6 Å². The molecule has 2 atom stereocenters. The number of nitrogens with zero attached hydrogens (tertiary/aromatic N) is 2. The average molecular weight is 484 g/mol. The van der Waals surface area contributed by atoms with Gasteiger partial charge in [-0.25, -0.2) is 0 Å². The van der Waals surface area contributed by atoms with E-state index >= 15 is 0 Å². The van der Waals surface area contributed by atoms with Crippen molar-refractivity contribution in [1.29, 1.82) is 0 Å². The van der Waals surface area contributed by atoms with Gasteiger partial charge in [-0.05, 0) is 78.9 Å². The monoisotopic (exact) mass is 483 g/mol. The number of para-hydroxylation sites is 1. The number of aromatic hydroxyl groups is 1. The lowest BCUT2D eigenvalue weighted by atomic mass is 9.90. The molecule has 0 saturated carbocycles. The van der Waals surface area contributed by atoms with Gasteiger partial charge in [-0.15, -0.1) is 0 Å². The molecule has 2 N–H and O–H groups in total. The van der Waals surface area contributed by atoms with Gasteiger partial charge >= 0.3 is 0 Å². The minimum absolute atomic E-state index is 0.00884. The number of aryl methyl sites for hydroxylation is 2. The van der Waals surface area contributed by atoms with Gasteiger partial charge < -0.3 is 15.3 Å². The van der Waals surface area contributed by atoms with Crippen LogP contribution in [0.2, 0.25) is 0 Å². The van der Waals surface area contributed by atoms with Crippen molar-refractivity contribution in [2.24, 2.45) is 4.99 Å². The molecule has 2 amide bonds. The third-order valence-corrected chi connectivity index (χ3v) is 6.97. The molecule has 0 saturated heterocycles. The highest BCUT2D eigenvalue weighted by Gasteiger charge is 2.31. The molecule has 0 aromatic heterocycles. The Hall–Kier alpha value is -3.93. The van der Waals surface area contributed by atoms with Crippen molar-refractivity contribution >= 4 is 24.2 Å². The summed E-state index contributed by atoms with van der Waals surface area (Å²) in [6.07, 6.45) is 1.72. The maximum Gasteiger partial charge on any atom is 0.245 e. The van der Waals surface area contributed by atoms with Gasteiger partial charge in [0.2, 0.25) is 11.8 Å². The first-order valence-corrected chi connectivity index (χ1v) is 12.3. The van der Waals surface area contributed by atoms with E-state index in [-0.39, 0.29) is 23.6 Å². The van der Waals surface area contributed by atoms with Crippen LogP contribution in [0.25, 0.3) is 0 Å². The van der Waals surface area contributed by atoms with Crippen LogP contribution >= 0.6 is 0 Å². The molecule has 4 rings (SSSR count). The smallest absolute Gasteiger partial charge is 0.245 e. The van der Waals surface area contributed by atoms with Crippen molar-refractivity contribution in [3.8, 4) is 5.75 Å². The summed E-state index contributed by atoms with van der Waals surface area (Å²) in [6.45, 7) is 9.63. The number of carbonyl (C=O) groups is 2. The fraction of sp³-hybridized carbons (Fsp3) is 0.300. The fourth-order valence-corrected chi connectivity index (χ4v) is 5.16. The minimum Gasteiger partial charge on any atom is -0.508 e. The summed E-state index contributed by atoms with van der Waals surface area (Å²) in [6, 6.07) is 18.7. The van der Waals surface area contributed by atoms with Crippen molar-refractivity contribution in [2.45, 2.75) is 52.1 Å². The molecule has 1 aliphatic rings. The zero-order valence-corrected chi connectivity index (χ0v) is 21.1. The molecule has 1 heterocycles. The number of rotatable bonds is 7. The van der Waals surface area contributed by atoms with Gasteiger partial charge in [0.05, 0.1) is 11.7 Å². The van der Waals surface area contributed by atoms with E-state index in [1.54, 1.807) is 19.1 Å². The Kier molecular flexibility index (Phi) is 7.53. The van der Waals surface area contributed by atoms with Crippen LogP contribution in [0, 0.1) is 13.8 Å². The highest BCUT2D eigenvalue weighted by atomic mass is 16.3. The van der Waals surface area contributed by atoms with E-state index in [1.807, 2.05) is 49.1 Å². The fourth-order valence-electron chi connectivity index (χ4n) is 5.16. The summed E-state index contributed by atoms with van der Waals surface area (Å²) < 4.78 is 0. The first kappa shape index (κ1) is 25.2. The molecule has 6 heteroatoms. The van der Waals surface area contributed by atoms with Gasteiger partial charge in [-0.2, -0.15) is 0 Å². The lowest BCUT2D eigenvalue weighted by Crippen LogP contribution is -2.43. The number of nitrogens with one attached hydrogen (secondary N) is 1. The van der Waals surface area contributed by atoms with Crippen LogP contribution in [-0.2, 0) is 22.4 Å². The number of fused-ring (bicyclic) bond motifs is 1. The molecule has 3 aromatic carbocycles. The number of hydrogen-bond donors (Lipinski definition) is 2. The van der Waals surface area contributed by atoms with E-state index in [0.717, 1.165) is 39.1 Å². The summed E-state index contributed by atoms with van der Waals surface area (Å²) in [4.78, 5) is 31.9. The summed E-state index contributed by atoms with van der Waals surface area (Å²) in [7, 11) is 0. The zero-order chi connectivity index (χ0) is 25.8. The van der Waals surface area contributed by atoms with E-state index in [2.05, 4.69) is 35.2 Å². The van der Waals surface area contributed by atoms with Crippen molar-refractivity contribution in [2.75, 3.05) is 11.4 Å². The number of phenols is 1. The van der Waals surface area contributed by atoms with Crippen LogP contribution < -0.4 is 10.2 Å². The molecule has 0 aliphatic carbocycles. The molecule has 186 valence electrons. The van der Waals surface area contributed by atoms with Crippen LogP contribution in [0.3, 0.4) is 0 Å². The molecule has 36 heavy (non-hydrogen) atoms. The van der Waals surface area contributed by atoms with E-state index in [1.165, 1.54) is 0 Å². The molecule has 6 nitrogen and oxygen atoms in total. The van der Waals surface area contributed by atoms with E-state index in [4.69, 9.17) is 0 Å². The maximum absolute atomic E-state index is 13.4. The SMILES string of the molecule is C=NC(Cc1c(C)cc(O)cc1C)C(=O)NC1CCN(C(C)=O)c2c(Cc3ccccc3)cccc21. The molecule has 2 unspecified atom stereocenters. The van der Waals surface area contributed by atoms with E-state index in [9.17, 15) is 14.7 Å². The van der Waals surface area contributed by atoms with Crippen LogP contribution in [0.1, 0.15) is 52.8 Å². The predicted octanol–water partition coefficient (Wildman–Crippen LogP) is 4.83. The second-order valence-corrected chi connectivity index (χ2v) is 9.50. The molecule has 3 aromatic rings. The van der Waals surface area contributed by atoms with Crippen LogP contribution in [0.15, 0.2) is 65.7 Å². The van der Waals surface area contributed by atoms with Gasteiger partial charge in [-0.1, -0.05) is 48.5 Å². The maximum atomic E-state index is 13.4. The molecular formula is C30H33N3O3. The van der Waals surface area contributed by atoms with E-state index in [0.29, 0.717) is 25.8 Å². The Balaban J connectivity index is 1.61. The summed E-state index contributed by atoms with van der Waals surface area (Å²) in [5.74, 6) is 0.00414. The number of amides is 2. The Morgan fingerprint density at radius 1 is 1.11 bits per heavy atom. The highest BCUT2D eigenvalue weighted by Crippen LogP contribution is 2.38. The largest absolute Gasteiger partial charge is 0.508 e. The third-order valence-electron chi connectivity index (χ3n) is 6.97. The van der Waals surface area contributed by atoms with Crippen molar-refractivity contribution in [3.63, 3.8) is 0 Å². The highest BCUT2D eigenvalue weighted by molar-refractivity contribution is 5.94.